The van der Waals surface area contributed by atoms with Crippen molar-refractivity contribution in [2.45, 2.75) is 39.7 Å². The van der Waals surface area contributed by atoms with Gasteiger partial charge in [-0.1, -0.05) is 13.3 Å². The Kier molecular flexibility index (Phi) is 8.33. The van der Waals surface area contributed by atoms with E-state index in [9.17, 15) is 4.79 Å². The summed E-state index contributed by atoms with van der Waals surface area (Å²) >= 11 is 0. The van der Waals surface area contributed by atoms with Crippen LogP contribution in [-0.2, 0) is 9.53 Å². The fourth-order valence-corrected chi connectivity index (χ4v) is 1.40. The predicted octanol–water partition coefficient (Wildman–Crippen LogP) is 0.903. The van der Waals surface area contributed by atoms with Crippen molar-refractivity contribution in [2.24, 2.45) is 11.7 Å². The van der Waals surface area contributed by atoms with E-state index in [0.29, 0.717) is 19.8 Å². The maximum absolute atomic E-state index is 11.7. The average Bonchev–Trinajstić information content (AvgIpc) is 2.22. The van der Waals surface area contributed by atoms with Crippen molar-refractivity contribution in [3.63, 3.8) is 0 Å². The summed E-state index contributed by atoms with van der Waals surface area (Å²) in [5.41, 5.74) is 5.54. The SMILES string of the molecule is CCCC(CN)C(=O)NC(C)COCC. The molecule has 0 fully saturated rings. The van der Waals surface area contributed by atoms with E-state index in [-0.39, 0.29) is 17.9 Å². The summed E-state index contributed by atoms with van der Waals surface area (Å²) < 4.78 is 5.22. The van der Waals surface area contributed by atoms with Crippen LogP contribution in [0.25, 0.3) is 0 Å². The topological polar surface area (TPSA) is 64.4 Å². The molecule has 0 spiro atoms. The van der Waals surface area contributed by atoms with E-state index in [0.717, 1.165) is 12.8 Å². The van der Waals surface area contributed by atoms with Crippen LogP contribution < -0.4 is 11.1 Å². The zero-order valence-corrected chi connectivity index (χ0v) is 10.1. The third kappa shape index (κ3) is 6.47. The van der Waals surface area contributed by atoms with Crippen molar-refractivity contribution in [1.82, 2.24) is 5.32 Å². The lowest BCUT2D eigenvalue weighted by atomic mass is 10.0. The highest BCUT2D eigenvalue weighted by molar-refractivity contribution is 5.79. The van der Waals surface area contributed by atoms with Crippen molar-refractivity contribution in [3.8, 4) is 0 Å². The Morgan fingerprint density at radius 1 is 1.47 bits per heavy atom. The average molecular weight is 216 g/mol. The standard InChI is InChI=1S/C11H24N2O2/c1-4-6-10(7-12)11(14)13-9(3)8-15-5-2/h9-10H,4-8,12H2,1-3H3,(H,13,14). The Bertz CT molecular complexity index is 174. The molecule has 0 bridgehead atoms. The molecule has 4 heteroatoms. The normalized spacial score (nSPS) is 14.7. The summed E-state index contributed by atoms with van der Waals surface area (Å²) in [5.74, 6) is -0.00868. The minimum absolute atomic E-state index is 0.0477. The quantitative estimate of drug-likeness (QED) is 0.633. The minimum Gasteiger partial charge on any atom is -0.380 e. The van der Waals surface area contributed by atoms with Crippen LogP contribution in [0.15, 0.2) is 0 Å². The van der Waals surface area contributed by atoms with Crippen molar-refractivity contribution in [2.75, 3.05) is 19.8 Å². The number of carbonyl (C=O) groups excluding carboxylic acids is 1. The second-order valence-electron chi connectivity index (χ2n) is 3.79. The van der Waals surface area contributed by atoms with Gasteiger partial charge in [0.25, 0.3) is 0 Å². The number of hydrogen-bond acceptors (Lipinski definition) is 3. The molecule has 0 aliphatic carbocycles. The maximum Gasteiger partial charge on any atom is 0.224 e. The van der Waals surface area contributed by atoms with Gasteiger partial charge in [0.05, 0.1) is 12.5 Å². The van der Waals surface area contributed by atoms with Gasteiger partial charge in [-0.25, -0.2) is 0 Å². The molecule has 2 unspecified atom stereocenters. The molecular weight excluding hydrogens is 192 g/mol. The van der Waals surface area contributed by atoms with Gasteiger partial charge in [-0.05, 0) is 20.3 Å². The van der Waals surface area contributed by atoms with Gasteiger partial charge in [-0.15, -0.1) is 0 Å². The molecule has 90 valence electrons. The van der Waals surface area contributed by atoms with Gasteiger partial charge in [-0.3, -0.25) is 4.79 Å². The lowest BCUT2D eigenvalue weighted by Crippen LogP contribution is -2.41. The molecule has 3 N–H and O–H groups in total. The summed E-state index contributed by atoms with van der Waals surface area (Å²) in [6, 6.07) is 0.0587. The van der Waals surface area contributed by atoms with Crippen LogP contribution in [0.5, 0.6) is 0 Å². The molecular formula is C11H24N2O2. The van der Waals surface area contributed by atoms with E-state index < -0.39 is 0 Å². The van der Waals surface area contributed by atoms with Gasteiger partial charge < -0.3 is 15.8 Å². The summed E-state index contributed by atoms with van der Waals surface area (Å²) in [5, 5.41) is 2.91. The van der Waals surface area contributed by atoms with Gasteiger partial charge >= 0.3 is 0 Å². The van der Waals surface area contributed by atoms with E-state index in [4.69, 9.17) is 10.5 Å². The second-order valence-corrected chi connectivity index (χ2v) is 3.79. The molecule has 0 heterocycles. The number of nitrogens with one attached hydrogen (secondary N) is 1. The molecule has 0 rings (SSSR count). The van der Waals surface area contributed by atoms with Crippen LogP contribution in [0.4, 0.5) is 0 Å². The molecule has 0 aliphatic rings. The predicted molar refractivity (Wildman–Crippen MR) is 61.6 cm³/mol. The molecule has 0 aliphatic heterocycles. The first-order valence-corrected chi connectivity index (χ1v) is 5.73. The van der Waals surface area contributed by atoms with Crippen LogP contribution in [0.2, 0.25) is 0 Å². The van der Waals surface area contributed by atoms with E-state index in [1.807, 2.05) is 13.8 Å². The Balaban J connectivity index is 3.87. The summed E-state index contributed by atoms with van der Waals surface area (Å²) in [4.78, 5) is 11.7. The molecule has 0 saturated heterocycles. The van der Waals surface area contributed by atoms with Gasteiger partial charge in [0, 0.05) is 19.2 Å². The fraction of sp³-hybridized carbons (Fsp3) is 0.909. The van der Waals surface area contributed by atoms with Crippen molar-refractivity contribution in [3.05, 3.63) is 0 Å². The number of carbonyl (C=O) groups is 1. The molecule has 15 heavy (non-hydrogen) atoms. The molecule has 0 saturated carbocycles. The number of amides is 1. The van der Waals surface area contributed by atoms with E-state index in [1.54, 1.807) is 0 Å². The van der Waals surface area contributed by atoms with Crippen molar-refractivity contribution >= 4 is 5.91 Å². The smallest absolute Gasteiger partial charge is 0.224 e. The number of rotatable bonds is 8. The lowest BCUT2D eigenvalue weighted by molar-refractivity contribution is -0.126. The summed E-state index contributed by atoms with van der Waals surface area (Å²) in [6.45, 7) is 7.59. The first-order valence-electron chi connectivity index (χ1n) is 5.73. The van der Waals surface area contributed by atoms with Crippen molar-refractivity contribution < 1.29 is 9.53 Å². The molecule has 1 amide bonds. The van der Waals surface area contributed by atoms with Gasteiger partial charge in [-0.2, -0.15) is 0 Å². The third-order valence-corrected chi connectivity index (χ3v) is 2.25. The number of nitrogens with two attached hydrogens (primary N) is 1. The van der Waals surface area contributed by atoms with Crippen molar-refractivity contribution in [1.29, 1.82) is 0 Å². The highest BCUT2D eigenvalue weighted by atomic mass is 16.5. The monoisotopic (exact) mass is 216 g/mol. The number of ether oxygens (including phenoxy) is 1. The lowest BCUT2D eigenvalue weighted by Gasteiger charge is -2.18. The van der Waals surface area contributed by atoms with Gasteiger partial charge in [0.15, 0.2) is 0 Å². The van der Waals surface area contributed by atoms with E-state index >= 15 is 0 Å². The highest BCUT2D eigenvalue weighted by Crippen LogP contribution is 2.04. The van der Waals surface area contributed by atoms with Gasteiger partial charge in [0.2, 0.25) is 5.91 Å². The molecule has 4 nitrogen and oxygen atoms in total. The molecule has 0 aromatic carbocycles. The third-order valence-electron chi connectivity index (χ3n) is 2.25. The highest BCUT2D eigenvalue weighted by Gasteiger charge is 2.17. The zero-order chi connectivity index (χ0) is 11.7. The Labute approximate surface area is 92.6 Å². The second kappa shape index (κ2) is 8.68. The first kappa shape index (κ1) is 14.4. The van der Waals surface area contributed by atoms with E-state index in [1.165, 1.54) is 0 Å². The first-order chi connectivity index (χ1) is 7.15. The minimum atomic E-state index is -0.0564. The Hall–Kier alpha value is -0.610. The van der Waals surface area contributed by atoms with Crippen LogP contribution in [0.3, 0.4) is 0 Å². The van der Waals surface area contributed by atoms with Crippen LogP contribution >= 0.6 is 0 Å². The van der Waals surface area contributed by atoms with Crippen LogP contribution in [0.1, 0.15) is 33.6 Å². The zero-order valence-electron chi connectivity index (χ0n) is 10.1. The summed E-state index contributed by atoms with van der Waals surface area (Å²) in [7, 11) is 0. The number of hydrogen-bond donors (Lipinski definition) is 2. The van der Waals surface area contributed by atoms with Gasteiger partial charge in [0.1, 0.15) is 0 Å². The molecule has 0 aromatic heterocycles. The Morgan fingerprint density at radius 2 is 2.13 bits per heavy atom. The summed E-state index contributed by atoms with van der Waals surface area (Å²) in [6.07, 6.45) is 1.83. The maximum atomic E-state index is 11.7. The molecule has 0 radical (unpaired) electrons. The largest absolute Gasteiger partial charge is 0.380 e. The van der Waals surface area contributed by atoms with E-state index in [2.05, 4.69) is 12.2 Å². The van der Waals surface area contributed by atoms with Crippen LogP contribution in [0, 0.1) is 5.92 Å². The molecule has 0 aromatic rings. The Morgan fingerprint density at radius 3 is 2.60 bits per heavy atom. The molecule has 2 atom stereocenters. The fourth-order valence-electron chi connectivity index (χ4n) is 1.40. The van der Waals surface area contributed by atoms with Crippen LogP contribution in [-0.4, -0.2) is 31.7 Å².